The summed E-state index contributed by atoms with van der Waals surface area (Å²) < 4.78 is 12.4. The molecule has 0 spiro atoms. The lowest BCUT2D eigenvalue weighted by Gasteiger charge is -2.06. The van der Waals surface area contributed by atoms with Crippen LogP contribution in [0.15, 0.2) is 72.0 Å². The quantitative estimate of drug-likeness (QED) is 0.411. The SMILES string of the molecule is CCOc1ccc(-c2cc3c(SCC(=O)Nc4ccc(OC)cc4)nccn3n2)cc1. The van der Waals surface area contributed by atoms with E-state index in [1.54, 1.807) is 48.3 Å². The molecule has 2 heterocycles. The molecular formula is C23H22N4O3S. The highest BCUT2D eigenvalue weighted by Gasteiger charge is 2.12. The summed E-state index contributed by atoms with van der Waals surface area (Å²) in [6.07, 6.45) is 3.49. The van der Waals surface area contributed by atoms with E-state index in [9.17, 15) is 4.79 Å². The molecule has 0 radical (unpaired) electrons. The highest BCUT2D eigenvalue weighted by molar-refractivity contribution is 8.00. The molecule has 1 N–H and O–H groups in total. The van der Waals surface area contributed by atoms with E-state index in [1.807, 2.05) is 37.3 Å². The van der Waals surface area contributed by atoms with E-state index >= 15 is 0 Å². The molecule has 1 amide bonds. The van der Waals surface area contributed by atoms with Gasteiger partial charge in [0.2, 0.25) is 5.91 Å². The summed E-state index contributed by atoms with van der Waals surface area (Å²) in [7, 11) is 1.61. The number of nitrogens with zero attached hydrogens (tertiary/aromatic N) is 3. The van der Waals surface area contributed by atoms with Crippen LogP contribution in [-0.4, -0.2) is 40.0 Å². The average molecular weight is 435 g/mol. The van der Waals surface area contributed by atoms with Crippen molar-refractivity contribution in [2.45, 2.75) is 11.9 Å². The number of rotatable bonds is 8. The third-order valence-corrected chi connectivity index (χ3v) is 5.52. The Morgan fingerprint density at radius 3 is 2.55 bits per heavy atom. The van der Waals surface area contributed by atoms with Crippen molar-refractivity contribution >= 4 is 28.9 Å². The zero-order valence-corrected chi connectivity index (χ0v) is 18.1. The molecule has 0 bridgehead atoms. The van der Waals surface area contributed by atoms with Gasteiger partial charge in [0.05, 0.1) is 30.7 Å². The highest BCUT2D eigenvalue weighted by atomic mass is 32.2. The first-order valence-corrected chi connectivity index (χ1v) is 10.8. The number of thioether (sulfide) groups is 1. The maximum absolute atomic E-state index is 12.4. The first-order valence-electron chi connectivity index (χ1n) is 9.80. The van der Waals surface area contributed by atoms with Crippen molar-refractivity contribution in [2.24, 2.45) is 0 Å². The van der Waals surface area contributed by atoms with Crippen LogP contribution in [0.3, 0.4) is 0 Å². The Morgan fingerprint density at radius 1 is 1.10 bits per heavy atom. The largest absolute Gasteiger partial charge is 0.497 e. The zero-order valence-electron chi connectivity index (χ0n) is 17.2. The van der Waals surface area contributed by atoms with Crippen LogP contribution in [0.2, 0.25) is 0 Å². The second-order valence-electron chi connectivity index (χ2n) is 6.61. The van der Waals surface area contributed by atoms with Gasteiger partial charge in [-0.05, 0) is 61.5 Å². The lowest BCUT2D eigenvalue weighted by Crippen LogP contribution is -2.14. The number of benzene rings is 2. The van der Waals surface area contributed by atoms with Crippen molar-refractivity contribution < 1.29 is 14.3 Å². The zero-order chi connectivity index (χ0) is 21.6. The summed E-state index contributed by atoms with van der Waals surface area (Å²) >= 11 is 1.37. The summed E-state index contributed by atoms with van der Waals surface area (Å²) in [5.74, 6) is 1.70. The van der Waals surface area contributed by atoms with Crippen molar-refractivity contribution in [1.82, 2.24) is 14.6 Å². The molecular weight excluding hydrogens is 412 g/mol. The minimum Gasteiger partial charge on any atom is -0.497 e. The number of anilines is 1. The number of ether oxygens (including phenoxy) is 2. The van der Waals surface area contributed by atoms with Gasteiger partial charge < -0.3 is 14.8 Å². The molecule has 2 aromatic carbocycles. The number of hydrogen-bond acceptors (Lipinski definition) is 6. The van der Waals surface area contributed by atoms with Gasteiger partial charge in [-0.3, -0.25) is 4.79 Å². The minimum absolute atomic E-state index is 0.106. The topological polar surface area (TPSA) is 77.8 Å². The van der Waals surface area contributed by atoms with E-state index in [0.29, 0.717) is 6.61 Å². The average Bonchev–Trinajstić information content (AvgIpc) is 3.24. The van der Waals surface area contributed by atoms with Crippen LogP contribution in [0.25, 0.3) is 16.8 Å². The Balaban J connectivity index is 1.45. The molecule has 4 aromatic rings. The van der Waals surface area contributed by atoms with E-state index in [-0.39, 0.29) is 11.7 Å². The second-order valence-corrected chi connectivity index (χ2v) is 7.58. The van der Waals surface area contributed by atoms with Crippen molar-refractivity contribution in [3.63, 3.8) is 0 Å². The van der Waals surface area contributed by atoms with Crippen LogP contribution >= 0.6 is 11.8 Å². The van der Waals surface area contributed by atoms with Crippen molar-refractivity contribution in [1.29, 1.82) is 0 Å². The van der Waals surface area contributed by atoms with Crippen molar-refractivity contribution in [3.05, 3.63) is 67.0 Å². The standard InChI is InChI=1S/C23H22N4O3S/c1-3-30-19-8-4-16(5-9-19)20-14-21-23(24-12-13-27(21)26-20)31-15-22(28)25-17-6-10-18(29-2)11-7-17/h4-14H,3,15H2,1-2H3,(H,25,28). The molecule has 0 aliphatic carbocycles. The number of aromatic nitrogens is 3. The first kappa shape index (κ1) is 20.7. The molecule has 31 heavy (non-hydrogen) atoms. The lowest BCUT2D eigenvalue weighted by molar-refractivity contribution is -0.113. The number of amides is 1. The van der Waals surface area contributed by atoms with E-state index in [1.165, 1.54) is 11.8 Å². The third-order valence-electron chi connectivity index (χ3n) is 4.53. The van der Waals surface area contributed by atoms with Crippen molar-refractivity contribution in [3.8, 4) is 22.8 Å². The van der Waals surface area contributed by atoms with Gasteiger partial charge in [0.25, 0.3) is 0 Å². The normalized spacial score (nSPS) is 10.8. The number of carbonyl (C=O) groups is 1. The van der Waals surface area contributed by atoms with Crippen LogP contribution in [0.5, 0.6) is 11.5 Å². The molecule has 0 fully saturated rings. The summed E-state index contributed by atoms with van der Waals surface area (Å²) in [5, 5.41) is 8.27. The van der Waals surface area contributed by atoms with E-state index < -0.39 is 0 Å². The Bertz CT molecular complexity index is 1170. The summed E-state index contributed by atoms with van der Waals surface area (Å²) in [4.78, 5) is 16.8. The molecule has 7 nitrogen and oxygen atoms in total. The fourth-order valence-corrected chi connectivity index (χ4v) is 3.82. The Labute approximate surface area is 184 Å². The number of nitrogens with one attached hydrogen (secondary N) is 1. The Kier molecular flexibility index (Phi) is 6.37. The molecule has 4 rings (SSSR count). The van der Waals surface area contributed by atoms with Crippen LogP contribution in [-0.2, 0) is 4.79 Å². The van der Waals surface area contributed by atoms with E-state index in [0.717, 1.165) is 39.0 Å². The van der Waals surface area contributed by atoms with Crippen LogP contribution < -0.4 is 14.8 Å². The number of fused-ring (bicyclic) bond motifs is 1. The molecule has 0 aliphatic heterocycles. The summed E-state index contributed by atoms with van der Waals surface area (Å²) in [6.45, 7) is 2.59. The van der Waals surface area contributed by atoms with Gasteiger partial charge in [0.1, 0.15) is 16.5 Å². The Hall–Kier alpha value is -3.52. The van der Waals surface area contributed by atoms with Crippen molar-refractivity contribution in [2.75, 3.05) is 24.8 Å². The van der Waals surface area contributed by atoms with Gasteiger partial charge in [-0.25, -0.2) is 9.50 Å². The smallest absolute Gasteiger partial charge is 0.234 e. The van der Waals surface area contributed by atoms with E-state index in [4.69, 9.17) is 9.47 Å². The van der Waals surface area contributed by atoms with Gasteiger partial charge in [-0.2, -0.15) is 5.10 Å². The number of carbonyl (C=O) groups excluding carboxylic acids is 1. The van der Waals surface area contributed by atoms with Crippen LogP contribution in [0, 0.1) is 0 Å². The first-order chi connectivity index (χ1) is 15.2. The summed E-state index contributed by atoms with van der Waals surface area (Å²) in [6, 6.07) is 17.0. The van der Waals surface area contributed by atoms with Crippen LogP contribution in [0.4, 0.5) is 5.69 Å². The highest BCUT2D eigenvalue weighted by Crippen LogP contribution is 2.27. The monoisotopic (exact) mass is 434 g/mol. The molecule has 0 aliphatic rings. The van der Waals surface area contributed by atoms with Crippen LogP contribution in [0.1, 0.15) is 6.92 Å². The molecule has 0 saturated heterocycles. The lowest BCUT2D eigenvalue weighted by atomic mass is 10.1. The fourth-order valence-electron chi connectivity index (χ4n) is 3.04. The second kappa shape index (κ2) is 9.53. The summed E-state index contributed by atoms with van der Waals surface area (Å²) in [5.41, 5.74) is 3.40. The minimum atomic E-state index is -0.106. The maximum atomic E-state index is 12.4. The molecule has 2 aromatic heterocycles. The molecule has 0 saturated carbocycles. The van der Waals surface area contributed by atoms with E-state index in [2.05, 4.69) is 15.4 Å². The van der Waals surface area contributed by atoms with Gasteiger partial charge in [0.15, 0.2) is 0 Å². The maximum Gasteiger partial charge on any atom is 0.234 e. The molecule has 0 unspecified atom stereocenters. The third kappa shape index (κ3) is 4.97. The predicted octanol–water partition coefficient (Wildman–Crippen LogP) is 4.53. The van der Waals surface area contributed by atoms with Gasteiger partial charge in [-0.1, -0.05) is 11.8 Å². The molecule has 158 valence electrons. The molecule has 8 heteroatoms. The number of methoxy groups -OCH3 is 1. The fraction of sp³-hybridized carbons (Fsp3) is 0.174. The predicted molar refractivity (Wildman–Crippen MR) is 122 cm³/mol. The molecule has 0 atom stereocenters. The number of hydrogen-bond donors (Lipinski definition) is 1. The van der Waals surface area contributed by atoms with Gasteiger partial charge >= 0.3 is 0 Å². The van der Waals surface area contributed by atoms with Gasteiger partial charge in [-0.15, -0.1) is 0 Å². The van der Waals surface area contributed by atoms with Gasteiger partial charge in [0, 0.05) is 23.6 Å². The Morgan fingerprint density at radius 2 is 1.84 bits per heavy atom.